The molecule has 1 aliphatic rings. The fourth-order valence-corrected chi connectivity index (χ4v) is 4.96. The molecule has 198 valence electrons. The Bertz CT molecular complexity index is 1470. The van der Waals surface area contributed by atoms with Gasteiger partial charge in [-0.15, -0.1) is 0 Å². The third-order valence-corrected chi connectivity index (χ3v) is 7.08. The zero-order chi connectivity index (χ0) is 26.8. The Kier molecular flexibility index (Phi) is 7.22. The molecule has 0 atom stereocenters. The van der Waals surface area contributed by atoms with Gasteiger partial charge in [-0.05, 0) is 49.9 Å². The Morgan fingerprint density at radius 2 is 1.79 bits per heavy atom. The summed E-state index contributed by atoms with van der Waals surface area (Å²) in [6, 6.07) is 14.4. The first-order valence-electron chi connectivity index (χ1n) is 12.9. The predicted molar refractivity (Wildman–Crippen MR) is 147 cm³/mol. The van der Waals surface area contributed by atoms with Crippen molar-refractivity contribution in [2.75, 3.05) is 21.3 Å². The van der Waals surface area contributed by atoms with E-state index in [1.54, 1.807) is 21.3 Å². The maximum absolute atomic E-state index is 13.5. The first-order chi connectivity index (χ1) is 18.4. The van der Waals surface area contributed by atoms with Gasteiger partial charge < -0.3 is 19.1 Å². The van der Waals surface area contributed by atoms with Crippen molar-refractivity contribution in [2.24, 2.45) is 0 Å². The van der Waals surface area contributed by atoms with Gasteiger partial charge in [0.1, 0.15) is 0 Å². The molecule has 0 N–H and O–H groups in total. The molecular weight excluding hydrogens is 480 g/mol. The Balaban J connectivity index is 1.59. The standard InChI is InChI=1S/C30H34N4O4/c1-19-8-6-7-9-23(19)28-21(16-24-25(31-28)17-26(36-3)30(38-5)29(24)37-4)18-34(22-10-11-22)27(35)13-15-33-14-12-20(2)32-33/h6-9,12,14,16-17,22H,10-11,13,15,18H2,1-5H3. The van der Waals surface area contributed by atoms with Crippen molar-refractivity contribution >= 4 is 16.8 Å². The van der Waals surface area contributed by atoms with Crippen molar-refractivity contribution in [1.82, 2.24) is 19.7 Å². The van der Waals surface area contributed by atoms with Crippen molar-refractivity contribution in [3.05, 3.63) is 65.5 Å². The summed E-state index contributed by atoms with van der Waals surface area (Å²) < 4.78 is 18.8. The zero-order valence-electron chi connectivity index (χ0n) is 22.7. The van der Waals surface area contributed by atoms with E-state index >= 15 is 0 Å². The van der Waals surface area contributed by atoms with Crippen LogP contribution in [0.25, 0.3) is 22.2 Å². The van der Waals surface area contributed by atoms with Crippen molar-refractivity contribution in [2.45, 2.75) is 52.2 Å². The van der Waals surface area contributed by atoms with Crippen molar-refractivity contribution in [3.8, 4) is 28.5 Å². The van der Waals surface area contributed by atoms with E-state index in [1.807, 2.05) is 47.0 Å². The second-order valence-corrected chi connectivity index (χ2v) is 9.75. The minimum atomic E-state index is 0.121. The van der Waals surface area contributed by atoms with Crippen LogP contribution in [-0.2, 0) is 17.9 Å². The number of pyridine rings is 1. The Morgan fingerprint density at radius 3 is 2.42 bits per heavy atom. The second-order valence-electron chi connectivity index (χ2n) is 9.75. The highest BCUT2D eigenvalue weighted by molar-refractivity contribution is 5.93. The van der Waals surface area contributed by atoms with E-state index in [-0.39, 0.29) is 11.9 Å². The molecule has 8 heteroatoms. The van der Waals surface area contributed by atoms with E-state index in [0.29, 0.717) is 36.8 Å². The number of fused-ring (bicyclic) bond motifs is 1. The van der Waals surface area contributed by atoms with Gasteiger partial charge in [0, 0.05) is 48.8 Å². The number of carbonyl (C=O) groups is 1. The normalized spacial score (nSPS) is 13.0. The Hall–Kier alpha value is -4.07. The highest BCUT2D eigenvalue weighted by Gasteiger charge is 2.33. The minimum absolute atomic E-state index is 0.121. The van der Waals surface area contributed by atoms with Gasteiger partial charge in [0.25, 0.3) is 0 Å². The number of ether oxygens (including phenoxy) is 3. The number of hydrogen-bond donors (Lipinski definition) is 0. The lowest BCUT2D eigenvalue weighted by atomic mass is 9.98. The maximum Gasteiger partial charge on any atom is 0.224 e. The zero-order valence-corrected chi connectivity index (χ0v) is 22.7. The smallest absolute Gasteiger partial charge is 0.224 e. The molecule has 2 aromatic carbocycles. The summed E-state index contributed by atoms with van der Waals surface area (Å²) in [6.45, 7) is 5.05. The summed E-state index contributed by atoms with van der Waals surface area (Å²) in [5.74, 6) is 1.75. The van der Waals surface area contributed by atoms with E-state index < -0.39 is 0 Å². The number of amides is 1. The predicted octanol–water partition coefficient (Wildman–Crippen LogP) is 5.32. The van der Waals surface area contributed by atoms with E-state index in [2.05, 4.69) is 30.2 Å². The van der Waals surface area contributed by atoms with Crippen LogP contribution < -0.4 is 14.2 Å². The third kappa shape index (κ3) is 5.03. The SMILES string of the molecule is COc1cc2nc(-c3ccccc3C)c(CN(C(=O)CCn3ccc(C)n3)C3CC3)cc2c(OC)c1OC. The highest BCUT2D eigenvalue weighted by atomic mass is 16.5. The molecule has 0 spiro atoms. The van der Waals surface area contributed by atoms with Crippen molar-refractivity contribution in [3.63, 3.8) is 0 Å². The number of nitrogens with zero attached hydrogens (tertiary/aromatic N) is 4. The van der Waals surface area contributed by atoms with Crippen LogP contribution in [0.2, 0.25) is 0 Å². The van der Waals surface area contributed by atoms with Gasteiger partial charge in [-0.2, -0.15) is 5.10 Å². The van der Waals surface area contributed by atoms with Gasteiger partial charge in [0.15, 0.2) is 11.5 Å². The topological polar surface area (TPSA) is 78.7 Å². The Labute approximate surface area is 223 Å². The number of aryl methyl sites for hydroxylation is 3. The molecule has 0 aliphatic heterocycles. The molecule has 0 saturated heterocycles. The third-order valence-electron chi connectivity index (χ3n) is 7.08. The molecule has 1 aliphatic carbocycles. The van der Waals surface area contributed by atoms with Crippen molar-refractivity contribution in [1.29, 1.82) is 0 Å². The maximum atomic E-state index is 13.5. The summed E-state index contributed by atoms with van der Waals surface area (Å²) in [7, 11) is 4.81. The number of aromatic nitrogens is 3. The molecule has 0 radical (unpaired) electrons. The van der Waals surface area contributed by atoms with Crippen LogP contribution in [0.3, 0.4) is 0 Å². The van der Waals surface area contributed by atoms with Crippen molar-refractivity contribution < 1.29 is 19.0 Å². The van der Waals surface area contributed by atoms with Gasteiger partial charge in [0.2, 0.25) is 11.7 Å². The summed E-state index contributed by atoms with van der Waals surface area (Å²) in [5.41, 5.74) is 5.65. The molecule has 2 heterocycles. The summed E-state index contributed by atoms with van der Waals surface area (Å²) in [5, 5.41) is 5.25. The van der Waals surface area contributed by atoms with E-state index in [1.165, 1.54) is 0 Å². The number of methoxy groups -OCH3 is 3. The van der Waals surface area contributed by atoms with Crippen LogP contribution in [-0.4, -0.2) is 52.9 Å². The van der Waals surface area contributed by atoms with Crippen LogP contribution in [0, 0.1) is 13.8 Å². The van der Waals surface area contributed by atoms with Gasteiger partial charge in [-0.1, -0.05) is 24.3 Å². The number of hydrogen-bond acceptors (Lipinski definition) is 6. The summed E-state index contributed by atoms with van der Waals surface area (Å²) >= 11 is 0. The average Bonchev–Trinajstić information content (AvgIpc) is 3.68. The quantitative estimate of drug-likeness (QED) is 0.285. The fraction of sp³-hybridized carbons (Fsp3) is 0.367. The van der Waals surface area contributed by atoms with E-state index in [9.17, 15) is 4.79 Å². The van der Waals surface area contributed by atoms with E-state index in [4.69, 9.17) is 19.2 Å². The van der Waals surface area contributed by atoms with Crippen LogP contribution in [0.1, 0.15) is 36.1 Å². The number of carbonyl (C=O) groups excluding carboxylic acids is 1. The molecule has 0 bridgehead atoms. The monoisotopic (exact) mass is 514 g/mol. The Morgan fingerprint density at radius 1 is 1.03 bits per heavy atom. The van der Waals surface area contributed by atoms with Gasteiger partial charge in [0.05, 0.1) is 38.2 Å². The lowest BCUT2D eigenvalue weighted by molar-refractivity contribution is -0.132. The first kappa shape index (κ1) is 25.6. The molecular formula is C30H34N4O4. The lowest BCUT2D eigenvalue weighted by Gasteiger charge is -2.25. The van der Waals surface area contributed by atoms with Gasteiger partial charge >= 0.3 is 0 Å². The summed E-state index contributed by atoms with van der Waals surface area (Å²) in [4.78, 5) is 20.6. The minimum Gasteiger partial charge on any atom is -0.493 e. The van der Waals surface area contributed by atoms with Crippen LogP contribution in [0.15, 0.2) is 48.7 Å². The van der Waals surface area contributed by atoms with E-state index in [0.717, 1.165) is 51.8 Å². The molecule has 38 heavy (non-hydrogen) atoms. The molecule has 4 aromatic rings. The average molecular weight is 515 g/mol. The first-order valence-corrected chi connectivity index (χ1v) is 12.9. The molecule has 8 nitrogen and oxygen atoms in total. The molecule has 5 rings (SSSR count). The lowest BCUT2D eigenvalue weighted by Crippen LogP contribution is -2.33. The second kappa shape index (κ2) is 10.7. The van der Waals surface area contributed by atoms with Crippen LogP contribution in [0.4, 0.5) is 0 Å². The van der Waals surface area contributed by atoms with Gasteiger partial charge in [-0.3, -0.25) is 9.48 Å². The molecule has 0 unspecified atom stereocenters. The fourth-order valence-electron chi connectivity index (χ4n) is 4.96. The van der Waals surface area contributed by atoms with Gasteiger partial charge in [-0.25, -0.2) is 4.98 Å². The van der Waals surface area contributed by atoms with Crippen LogP contribution >= 0.6 is 0 Å². The summed E-state index contributed by atoms with van der Waals surface area (Å²) in [6.07, 6.45) is 4.34. The molecule has 1 fully saturated rings. The van der Waals surface area contributed by atoms with Crippen LogP contribution in [0.5, 0.6) is 17.2 Å². The number of rotatable bonds is 10. The number of benzene rings is 2. The highest BCUT2D eigenvalue weighted by Crippen LogP contribution is 2.44. The molecule has 2 aromatic heterocycles. The molecule has 1 amide bonds. The largest absolute Gasteiger partial charge is 0.493 e. The molecule has 1 saturated carbocycles.